The van der Waals surface area contributed by atoms with Gasteiger partial charge in [0.05, 0.1) is 19.7 Å². The van der Waals surface area contributed by atoms with Crippen molar-refractivity contribution in [1.82, 2.24) is 0 Å². The van der Waals surface area contributed by atoms with Gasteiger partial charge in [0.1, 0.15) is 5.75 Å². The number of benzene rings is 1. The Bertz CT molecular complexity index is 362. The average molecular weight is 278 g/mol. The Hall–Kier alpha value is -1.02. The van der Waals surface area contributed by atoms with Gasteiger partial charge in [-0.3, -0.25) is 0 Å². The van der Waals surface area contributed by atoms with Gasteiger partial charge in [-0.1, -0.05) is 25.5 Å². The second-order valence-electron chi connectivity index (χ2n) is 5.68. The first-order chi connectivity index (χ1) is 9.75. The minimum atomic E-state index is 0.851. The molecule has 2 N–H and O–H groups in total. The van der Waals surface area contributed by atoms with Crippen LogP contribution in [0.15, 0.2) is 18.2 Å². The predicted octanol–water partition coefficient (Wildman–Crippen LogP) is 3.61. The van der Waals surface area contributed by atoms with E-state index in [1.54, 1.807) is 0 Å². The van der Waals surface area contributed by atoms with E-state index in [1.165, 1.54) is 62.7 Å². The van der Waals surface area contributed by atoms with Crippen molar-refractivity contribution in [2.45, 2.75) is 59.3 Å². The molecular formula is C18H32NO+. The molecule has 0 heterocycles. The van der Waals surface area contributed by atoms with Crippen LogP contribution >= 0.6 is 0 Å². The fourth-order valence-electron chi connectivity index (χ4n) is 2.30. The first-order valence-electron chi connectivity index (χ1n) is 8.26. The molecule has 1 aromatic carbocycles. The molecule has 0 fully saturated rings. The monoisotopic (exact) mass is 278 g/mol. The van der Waals surface area contributed by atoms with Gasteiger partial charge in [0.25, 0.3) is 0 Å². The average Bonchev–Trinajstić information content (AvgIpc) is 2.45. The van der Waals surface area contributed by atoms with Crippen LogP contribution in [0, 0.1) is 13.8 Å². The van der Waals surface area contributed by atoms with Crippen LogP contribution in [0.1, 0.15) is 56.6 Å². The molecule has 2 heteroatoms. The fraction of sp³-hybridized carbons (Fsp3) is 0.667. The zero-order valence-electron chi connectivity index (χ0n) is 13.6. The summed E-state index contributed by atoms with van der Waals surface area (Å²) in [5.74, 6) is 1.05. The molecule has 0 radical (unpaired) electrons. The SMILES string of the molecule is CCCC[NH2+]CCCCCCOc1cccc(C)c1C. The summed E-state index contributed by atoms with van der Waals surface area (Å²) in [5.41, 5.74) is 2.59. The second-order valence-corrected chi connectivity index (χ2v) is 5.68. The summed E-state index contributed by atoms with van der Waals surface area (Å²) < 4.78 is 5.87. The lowest BCUT2D eigenvalue weighted by molar-refractivity contribution is -0.655. The van der Waals surface area contributed by atoms with Crippen molar-refractivity contribution in [3.05, 3.63) is 29.3 Å². The third-order valence-corrected chi connectivity index (χ3v) is 3.88. The number of hydrogen-bond acceptors (Lipinski definition) is 1. The van der Waals surface area contributed by atoms with Crippen molar-refractivity contribution in [3.8, 4) is 5.75 Å². The van der Waals surface area contributed by atoms with Gasteiger partial charge in [0.2, 0.25) is 0 Å². The maximum atomic E-state index is 5.87. The molecule has 2 nitrogen and oxygen atoms in total. The minimum absolute atomic E-state index is 0.851. The lowest BCUT2D eigenvalue weighted by atomic mass is 10.1. The number of nitrogens with two attached hydrogens (primary N) is 1. The van der Waals surface area contributed by atoms with Gasteiger partial charge in [-0.2, -0.15) is 0 Å². The summed E-state index contributed by atoms with van der Waals surface area (Å²) in [6.45, 7) is 9.96. The Balaban J connectivity index is 1.98. The summed E-state index contributed by atoms with van der Waals surface area (Å²) in [7, 11) is 0. The van der Waals surface area contributed by atoms with Gasteiger partial charge < -0.3 is 10.1 Å². The molecule has 0 bridgehead atoms. The van der Waals surface area contributed by atoms with E-state index >= 15 is 0 Å². The molecule has 0 spiro atoms. The van der Waals surface area contributed by atoms with E-state index in [-0.39, 0.29) is 0 Å². The maximum Gasteiger partial charge on any atom is 0.122 e. The smallest absolute Gasteiger partial charge is 0.122 e. The van der Waals surface area contributed by atoms with Gasteiger partial charge in [0.15, 0.2) is 0 Å². The highest BCUT2D eigenvalue weighted by Crippen LogP contribution is 2.20. The molecule has 1 aromatic rings. The number of unbranched alkanes of at least 4 members (excludes halogenated alkanes) is 4. The number of ether oxygens (including phenoxy) is 1. The van der Waals surface area contributed by atoms with Crippen LogP contribution in [0.3, 0.4) is 0 Å². The lowest BCUT2D eigenvalue weighted by Gasteiger charge is -2.10. The lowest BCUT2D eigenvalue weighted by Crippen LogP contribution is -2.84. The number of aryl methyl sites for hydroxylation is 1. The maximum absolute atomic E-state index is 5.87. The van der Waals surface area contributed by atoms with Gasteiger partial charge in [0, 0.05) is 0 Å². The van der Waals surface area contributed by atoms with Crippen LogP contribution in [0.2, 0.25) is 0 Å². The minimum Gasteiger partial charge on any atom is -0.493 e. The van der Waals surface area contributed by atoms with E-state index in [4.69, 9.17) is 4.74 Å². The van der Waals surface area contributed by atoms with E-state index in [0.717, 1.165) is 12.4 Å². The van der Waals surface area contributed by atoms with Crippen molar-refractivity contribution in [1.29, 1.82) is 0 Å². The molecule has 0 amide bonds. The molecule has 0 unspecified atom stereocenters. The summed E-state index contributed by atoms with van der Waals surface area (Å²) in [6.07, 6.45) is 7.79. The van der Waals surface area contributed by atoms with Gasteiger partial charge in [-0.25, -0.2) is 0 Å². The standard InChI is InChI=1S/C18H31NO/c1-4-5-13-19-14-8-6-7-9-15-20-18-12-10-11-16(2)17(18)3/h10-12,19H,4-9,13-15H2,1-3H3/p+1. The molecule has 114 valence electrons. The van der Waals surface area contributed by atoms with Crippen LogP contribution in [0.4, 0.5) is 0 Å². The highest BCUT2D eigenvalue weighted by molar-refractivity contribution is 5.38. The zero-order chi connectivity index (χ0) is 14.6. The number of hydrogen-bond donors (Lipinski definition) is 1. The Morgan fingerprint density at radius 1 is 0.950 bits per heavy atom. The van der Waals surface area contributed by atoms with Crippen molar-refractivity contribution in [2.75, 3.05) is 19.7 Å². The van der Waals surface area contributed by atoms with E-state index in [2.05, 4.69) is 44.3 Å². The molecule has 0 aromatic heterocycles. The van der Waals surface area contributed by atoms with Crippen molar-refractivity contribution in [3.63, 3.8) is 0 Å². The third kappa shape index (κ3) is 6.95. The van der Waals surface area contributed by atoms with Crippen LogP contribution < -0.4 is 10.1 Å². The molecule has 0 atom stereocenters. The van der Waals surface area contributed by atoms with Crippen LogP contribution in [0.25, 0.3) is 0 Å². The molecule has 0 saturated carbocycles. The van der Waals surface area contributed by atoms with Gasteiger partial charge in [-0.15, -0.1) is 0 Å². The van der Waals surface area contributed by atoms with Crippen LogP contribution in [-0.2, 0) is 0 Å². The first kappa shape index (κ1) is 17.0. The van der Waals surface area contributed by atoms with E-state index < -0.39 is 0 Å². The zero-order valence-corrected chi connectivity index (χ0v) is 13.6. The first-order valence-corrected chi connectivity index (χ1v) is 8.26. The summed E-state index contributed by atoms with van der Waals surface area (Å²) in [5, 5.41) is 2.45. The van der Waals surface area contributed by atoms with E-state index in [1.807, 2.05) is 0 Å². The van der Waals surface area contributed by atoms with E-state index in [9.17, 15) is 0 Å². The Morgan fingerprint density at radius 3 is 2.50 bits per heavy atom. The summed E-state index contributed by atoms with van der Waals surface area (Å²) in [4.78, 5) is 0. The third-order valence-electron chi connectivity index (χ3n) is 3.88. The van der Waals surface area contributed by atoms with Gasteiger partial charge >= 0.3 is 0 Å². The summed E-state index contributed by atoms with van der Waals surface area (Å²) >= 11 is 0. The fourth-order valence-corrected chi connectivity index (χ4v) is 2.30. The molecule has 20 heavy (non-hydrogen) atoms. The van der Waals surface area contributed by atoms with Crippen molar-refractivity contribution in [2.24, 2.45) is 0 Å². The Labute approximate surface area is 124 Å². The molecular weight excluding hydrogens is 246 g/mol. The molecule has 0 aliphatic heterocycles. The second kappa shape index (κ2) is 10.7. The van der Waals surface area contributed by atoms with Crippen LogP contribution in [0.5, 0.6) is 5.75 Å². The van der Waals surface area contributed by atoms with Crippen molar-refractivity contribution < 1.29 is 10.1 Å². The highest BCUT2D eigenvalue weighted by atomic mass is 16.5. The van der Waals surface area contributed by atoms with Crippen LogP contribution in [-0.4, -0.2) is 19.7 Å². The molecule has 0 saturated heterocycles. The number of quaternary nitrogens is 1. The predicted molar refractivity (Wildman–Crippen MR) is 86.4 cm³/mol. The van der Waals surface area contributed by atoms with Gasteiger partial charge in [-0.05, 0) is 63.1 Å². The number of rotatable bonds is 11. The molecule has 0 aliphatic carbocycles. The quantitative estimate of drug-likeness (QED) is 0.615. The topological polar surface area (TPSA) is 25.8 Å². The van der Waals surface area contributed by atoms with E-state index in [0.29, 0.717) is 0 Å². The Morgan fingerprint density at radius 2 is 1.70 bits per heavy atom. The normalized spacial score (nSPS) is 10.8. The molecule has 0 aliphatic rings. The Kier molecular flexibility index (Phi) is 9.14. The summed E-state index contributed by atoms with van der Waals surface area (Å²) in [6, 6.07) is 6.28. The largest absolute Gasteiger partial charge is 0.493 e. The van der Waals surface area contributed by atoms with Crippen molar-refractivity contribution >= 4 is 0 Å². The molecule has 1 rings (SSSR count). The highest BCUT2D eigenvalue weighted by Gasteiger charge is 2.01.